The SMILES string of the molecule is CCNC(=O)C(=O)C(C)NCC(=O)[C@@H]1C2C(CN1C(=O)[C@@H](NC(=O)N[C@H](CN1CCCCC1=O)C(C)(C)C)C1Cc3ccccc3C1)C2(C)C. The minimum atomic E-state index is -0.887. The molecule has 12 heteroatoms. The molecule has 5 amide bonds. The summed E-state index contributed by atoms with van der Waals surface area (Å²) in [5, 5.41) is 11.6. The maximum atomic E-state index is 14.7. The highest BCUT2D eigenvalue weighted by Gasteiger charge is 2.69. The van der Waals surface area contributed by atoms with Crippen LogP contribution in [0, 0.1) is 28.6 Å². The monoisotopic (exact) mass is 692 g/mol. The van der Waals surface area contributed by atoms with Gasteiger partial charge < -0.3 is 31.1 Å². The Kier molecular flexibility index (Phi) is 11.1. The number of nitrogens with zero attached hydrogens (tertiary/aromatic N) is 2. The zero-order chi connectivity index (χ0) is 36.5. The lowest BCUT2D eigenvalue weighted by Crippen LogP contribution is -2.61. The molecule has 1 aromatic carbocycles. The topological polar surface area (TPSA) is 157 Å². The molecular weight excluding hydrogens is 636 g/mol. The van der Waals surface area contributed by atoms with E-state index in [1.165, 1.54) is 0 Å². The number of nitrogens with one attached hydrogen (secondary N) is 4. The first-order chi connectivity index (χ1) is 23.5. The van der Waals surface area contributed by atoms with Crippen molar-refractivity contribution < 1.29 is 28.8 Å². The molecule has 50 heavy (non-hydrogen) atoms. The highest BCUT2D eigenvalue weighted by molar-refractivity contribution is 6.38. The number of ketones is 2. The number of piperidine rings is 2. The van der Waals surface area contributed by atoms with E-state index in [2.05, 4.69) is 47.2 Å². The van der Waals surface area contributed by atoms with Gasteiger partial charge in [-0.3, -0.25) is 24.0 Å². The van der Waals surface area contributed by atoms with Gasteiger partial charge in [-0.1, -0.05) is 58.9 Å². The number of urea groups is 1. The second-order valence-electron chi connectivity index (χ2n) is 16.4. The first-order valence-electron chi connectivity index (χ1n) is 18.3. The van der Waals surface area contributed by atoms with Crippen molar-refractivity contribution in [1.29, 1.82) is 0 Å². The largest absolute Gasteiger partial charge is 0.350 e. The predicted octanol–water partition coefficient (Wildman–Crippen LogP) is 2.23. The molecule has 2 aliphatic carbocycles. The van der Waals surface area contributed by atoms with Gasteiger partial charge in [-0.2, -0.15) is 0 Å². The summed E-state index contributed by atoms with van der Waals surface area (Å²) >= 11 is 0. The predicted molar refractivity (Wildman–Crippen MR) is 189 cm³/mol. The fraction of sp³-hybridized carbons (Fsp3) is 0.684. The summed E-state index contributed by atoms with van der Waals surface area (Å²) in [4.78, 5) is 83.2. The van der Waals surface area contributed by atoms with Crippen LogP contribution in [0.1, 0.15) is 78.9 Å². The summed E-state index contributed by atoms with van der Waals surface area (Å²) in [5.74, 6) is -1.90. The number of benzene rings is 1. The Balaban J connectivity index is 1.35. The van der Waals surface area contributed by atoms with Crippen molar-refractivity contribution in [2.75, 3.05) is 32.7 Å². The lowest BCUT2D eigenvalue weighted by Gasteiger charge is -2.38. The number of carbonyl (C=O) groups is 6. The minimum Gasteiger partial charge on any atom is -0.350 e. The fourth-order valence-electron chi connectivity index (χ4n) is 8.32. The standard InChI is InChI=1S/C38H56N6O6/c1-8-39-34(48)33(47)22(2)40-19-27(45)32-30-26(38(30,6)7)20-44(32)35(49)31(25-17-23-13-9-10-14-24(23)18-25)42-36(50)41-28(37(3,4)5)21-43-16-12-11-15-29(43)46/h9-10,13-14,22,25-26,28,30-32,40H,8,11-12,15-21H2,1-7H3,(H,39,48)(H2,41,42,50)/t22?,26?,28-,30?,31+,32-/m1/s1. The Morgan fingerprint density at radius 3 is 2.26 bits per heavy atom. The molecule has 5 rings (SSSR count). The van der Waals surface area contributed by atoms with Crippen molar-refractivity contribution in [1.82, 2.24) is 31.1 Å². The van der Waals surface area contributed by atoms with Crippen LogP contribution in [0.5, 0.6) is 0 Å². The van der Waals surface area contributed by atoms with Gasteiger partial charge in [0, 0.05) is 32.6 Å². The van der Waals surface area contributed by atoms with Crippen molar-refractivity contribution in [2.45, 2.75) is 105 Å². The van der Waals surface area contributed by atoms with Crippen LogP contribution in [0.4, 0.5) is 4.79 Å². The van der Waals surface area contributed by atoms with Crippen molar-refractivity contribution in [3.05, 3.63) is 35.4 Å². The van der Waals surface area contributed by atoms with Crippen LogP contribution in [0.3, 0.4) is 0 Å². The number of likely N-dealkylation sites (N-methyl/N-ethyl adjacent to an activating group) is 1. The summed E-state index contributed by atoms with van der Waals surface area (Å²) in [6, 6.07) is 4.75. The van der Waals surface area contributed by atoms with Gasteiger partial charge in [-0.05, 0) is 79.2 Å². The quantitative estimate of drug-likeness (QED) is 0.231. The summed E-state index contributed by atoms with van der Waals surface area (Å²) in [6.07, 6.45) is 3.54. The number of amides is 5. The zero-order valence-corrected chi connectivity index (χ0v) is 30.8. The van der Waals surface area contributed by atoms with Crippen LogP contribution in [0.25, 0.3) is 0 Å². The maximum absolute atomic E-state index is 14.7. The first kappa shape index (κ1) is 37.5. The van der Waals surface area contributed by atoms with Gasteiger partial charge in [0.1, 0.15) is 6.04 Å². The van der Waals surface area contributed by atoms with E-state index >= 15 is 0 Å². The number of hydrogen-bond acceptors (Lipinski definition) is 7. The molecule has 0 spiro atoms. The van der Waals surface area contributed by atoms with Gasteiger partial charge in [-0.15, -0.1) is 0 Å². The minimum absolute atomic E-state index is 0.0437. The van der Waals surface area contributed by atoms with E-state index in [-0.39, 0.29) is 58.8 Å². The number of carbonyl (C=O) groups excluding carboxylic acids is 6. The van der Waals surface area contributed by atoms with E-state index in [0.29, 0.717) is 45.4 Å². The maximum Gasteiger partial charge on any atom is 0.315 e. The molecule has 1 aromatic rings. The van der Waals surface area contributed by atoms with Crippen molar-refractivity contribution in [3.8, 4) is 0 Å². The molecule has 274 valence electrons. The number of likely N-dealkylation sites (tertiary alicyclic amines) is 2. The lowest BCUT2D eigenvalue weighted by molar-refractivity contribution is -0.142. The second kappa shape index (κ2) is 14.8. The van der Waals surface area contributed by atoms with Crippen molar-refractivity contribution in [3.63, 3.8) is 0 Å². The van der Waals surface area contributed by atoms with E-state index < -0.39 is 35.8 Å². The molecule has 3 fully saturated rings. The smallest absolute Gasteiger partial charge is 0.315 e. The molecule has 6 atom stereocenters. The molecule has 4 N–H and O–H groups in total. The summed E-state index contributed by atoms with van der Waals surface area (Å²) in [5.41, 5.74) is 1.79. The highest BCUT2D eigenvalue weighted by Crippen LogP contribution is 2.65. The summed E-state index contributed by atoms with van der Waals surface area (Å²) in [6.45, 7) is 15.2. The Bertz CT molecular complexity index is 1480. The van der Waals surface area contributed by atoms with Crippen LogP contribution in [0.15, 0.2) is 24.3 Å². The molecular formula is C38H56N6O6. The van der Waals surface area contributed by atoms with E-state index in [4.69, 9.17) is 0 Å². The molecule has 3 unspecified atom stereocenters. The third-order valence-electron chi connectivity index (χ3n) is 11.6. The molecule has 4 aliphatic rings. The van der Waals surface area contributed by atoms with E-state index in [1.54, 1.807) is 18.7 Å². The molecule has 0 radical (unpaired) electrons. The molecule has 0 bridgehead atoms. The summed E-state index contributed by atoms with van der Waals surface area (Å²) < 4.78 is 0. The highest BCUT2D eigenvalue weighted by atomic mass is 16.2. The van der Waals surface area contributed by atoms with E-state index in [0.717, 1.165) is 24.0 Å². The third kappa shape index (κ3) is 7.90. The molecule has 0 aromatic heterocycles. The van der Waals surface area contributed by atoms with Gasteiger partial charge >= 0.3 is 6.03 Å². The summed E-state index contributed by atoms with van der Waals surface area (Å²) in [7, 11) is 0. The van der Waals surface area contributed by atoms with Crippen molar-refractivity contribution in [2.24, 2.45) is 28.6 Å². The average molecular weight is 693 g/mol. The van der Waals surface area contributed by atoms with Crippen LogP contribution >= 0.6 is 0 Å². The fourth-order valence-corrected chi connectivity index (χ4v) is 8.32. The normalized spacial score (nSPS) is 24.5. The van der Waals surface area contributed by atoms with Gasteiger partial charge in [0.15, 0.2) is 5.78 Å². The van der Waals surface area contributed by atoms with Gasteiger partial charge in [0.25, 0.3) is 5.91 Å². The lowest BCUT2D eigenvalue weighted by atomic mass is 9.86. The number of fused-ring (bicyclic) bond motifs is 2. The van der Waals surface area contributed by atoms with E-state index in [1.807, 2.05) is 37.8 Å². The molecule has 12 nitrogen and oxygen atoms in total. The Labute approximate surface area is 296 Å². The van der Waals surface area contributed by atoms with Gasteiger partial charge in [0.2, 0.25) is 17.6 Å². The Morgan fingerprint density at radius 1 is 1.00 bits per heavy atom. The molecule has 2 heterocycles. The molecule has 2 aliphatic heterocycles. The Morgan fingerprint density at radius 2 is 1.66 bits per heavy atom. The van der Waals surface area contributed by atoms with Gasteiger partial charge in [-0.25, -0.2) is 4.79 Å². The third-order valence-corrected chi connectivity index (χ3v) is 11.6. The number of rotatable bonds is 13. The first-order valence-corrected chi connectivity index (χ1v) is 18.3. The van der Waals surface area contributed by atoms with Crippen LogP contribution in [0.2, 0.25) is 0 Å². The zero-order valence-electron chi connectivity index (χ0n) is 30.8. The molecule has 1 saturated carbocycles. The second-order valence-corrected chi connectivity index (χ2v) is 16.4. The van der Waals surface area contributed by atoms with Crippen LogP contribution < -0.4 is 21.3 Å². The average Bonchev–Trinajstić information content (AvgIpc) is 3.42. The Hall–Kier alpha value is -3.80. The van der Waals surface area contributed by atoms with Gasteiger partial charge in [0.05, 0.1) is 24.7 Å². The van der Waals surface area contributed by atoms with Crippen LogP contribution in [-0.2, 0) is 36.8 Å². The number of Topliss-reactive ketones (excluding diaryl/α,β-unsaturated/α-hetero) is 2. The molecule has 2 saturated heterocycles. The van der Waals surface area contributed by atoms with Crippen LogP contribution in [-0.4, -0.2) is 102 Å². The number of hydrogen-bond donors (Lipinski definition) is 4. The van der Waals surface area contributed by atoms with E-state index in [9.17, 15) is 28.8 Å². The van der Waals surface area contributed by atoms with Crippen molar-refractivity contribution >= 4 is 35.3 Å².